The molecular formula is C21H23N5O6. The van der Waals surface area contributed by atoms with Crippen LogP contribution in [0.2, 0.25) is 0 Å². The quantitative estimate of drug-likeness (QED) is 0.529. The maximum absolute atomic E-state index is 12.4. The van der Waals surface area contributed by atoms with Crippen molar-refractivity contribution in [2.24, 2.45) is 0 Å². The second kappa shape index (κ2) is 8.89. The Morgan fingerprint density at radius 2 is 1.97 bits per heavy atom. The number of esters is 1. The van der Waals surface area contributed by atoms with Crippen LogP contribution in [-0.4, -0.2) is 48.0 Å². The van der Waals surface area contributed by atoms with Gasteiger partial charge in [0.05, 0.1) is 18.3 Å². The molecule has 1 aliphatic heterocycles. The smallest absolute Gasteiger partial charge is 0.330 e. The van der Waals surface area contributed by atoms with Gasteiger partial charge in [0, 0.05) is 19.5 Å². The molecule has 2 N–H and O–H groups in total. The van der Waals surface area contributed by atoms with E-state index in [0.29, 0.717) is 6.54 Å². The molecule has 11 nitrogen and oxygen atoms in total. The molecule has 0 spiro atoms. The van der Waals surface area contributed by atoms with Crippen molar-refractivity contribution in [1.29, 1.82) is 0 Å². The van der Waals surface area contributed by atoms with Gasteiger partial charge in [0.2, 0.25) is 6.29 Å². The molecule has 168 valence electrons. The highest BCUT2D eigenvalue weighted by Gasteiger charge is 2.38. The van der Waals surface area contributed by atoms with Gasteiger partial charge in [0.25, 0.3) is 5.56 Å². The van der Waals surface area contributed by atoms with Crippen LogP contribution in [0.5, 0.6) is 0 Å². The van der Waals surface area contributed by atoms with E-state index in [2.05, 4.69) is 22.2 Å². The molecule has 32 heavy (non-hydrogen) atoms. The predicted octanol–water partition coefficient (Wildman–Crippen LogP) is 0.575. The summed E-state index contributed by atoms with van der Waals surface area (Å²) in [5.41, 5.74) is 1.31. The second-order valence-electron chi connectivity index (χ2n) is 7.55. The predicted molar refractivity (Wildman–Crippen MR) is 112 cm³/mol. The summed E-state index contributed by atoms with van der Waals surface area (Å²) in [7, 11) is 0. The Balaban J connectivity index is 1.58. The molecule has 0 radical (unpaired) electrons. The molecule has 1 aliphatic rings. The van der Waals surface area contributed by atoms with Gasteiger partial charge in [-0.1, -0.05) is 36.4 Å². The van der Waals surface area contributed by atoms with Gasteiger partial charge in [-0.05, 0) is 17.5 Å². The first-order chi connectivity index (χ1) is 15.3. The molecule has 3 aromatic rings. The molecule has 3 atom stereocenters. The fraction of sp³-hybridized carbons (Fsp3) is 0.381. The number of rotatable bonds is 6. The zero-order valence-corrected chi connectivity index (χ0v) is 17.6. The van der Waals surface area contributed by atoms with Gasteiger partial charge in [-0.2, -0.15) is 0 Å². The number of aliphatic hydroxyl groups excluding tert-OH is 1. The van der Waals surface area contributed by atoms with Crippen molar-refractivity contribution in [3.05, 3.63) is 68.6 Å². The minimum absolute atomic E-state index is 0.00375. The third-order valence-electron chi connectivity index (χ3n) is 5.20. The number of carbonyl (C=O) groups is 1. The minimum Gasteiger partial charge on any atom is -0.433 e. The zero-order chi connectivity index (χ0) is 22.8. The average Bonchev–Trinajstić information content (AvgIpc) is 3.35. The van der Waals surface area contributed by atoms with Crippen LogP contribution < -0.4 is 11.2 Å². The number of hydrogen-bond donors (Lipinski definition) is 2. The standard InChI is InChI=1S/C21H23N5O6/c1-3-13-4-6-14(7-5-13)9-25-11-16(23-24-25)15-10-26(21(30)22-19(15)29)18-8-17(28)20(32-18)31-12(2)27/h4-7,10-11,17-18,20,28H,3,8-9H2,1-2H3,(H,22,29,30)/t17-,18+,20-/m0/s1. The lowest BCUT2D eigenvalue weighted by Gasteiger charge is -2.16. The van der Waals surface area contributed by atoms with E-state index in [-0.39, 0.29) is 17.7 Å². The second-order valence-corrected chi connectivity index (χ2v) is 7.55. The molecule has 0 unspecified atom stereocenters. The first kappa shape index (κ1) is 21.7. The van der Waals surface area contributed by atoms with Crippen molar-refractivity contribution in [1.82, 2.24) is 24.5 Å². The van der Waals surface area contributed by atoms with Gasteiger partial charge in [-0.3, -0.25) is 19.1 Å². The Hall–Kier alpha value is -3.57. The molecule has 2 aromatic heterocycles. The topological polar surface area (TPSA) is 141 Å². The number of H-pyrrole nitrogens is 1. The summed E-state index contributed by atoms with van der Waals surface area (Å²) in [5.74, 6) is -0.620. The van der Waals surface area contributed by atoms with Crippen LogP contribution >= 0.6 is 0 Å². The van der Waals surface area contributed by atoms with Crippen molar-refractivity contribution in [2.45, 2.75) is 51.9 Å². The highest BCUT2D eigenvalue weighted by Crippen LogP contribution is 2.29. The summed E-state index contributed by atoms with van der Waals surface area (Å²) in [4.78, 5) is 38.1. The number of ether oxygens (including phenoxy) is 2. The molecule has 1 aromatic carbocycles. The SMILES string of the molecule is CCc1ccc(Cn2cc(-c3cn([C@H]4C[C@H](O)[C@@H](OC(C)=O)O4)c(=O)[nH]c3=O)nn2)cc1. The first-order valence-electron chi connectivity index (χ1n) is 10.2. The highest BCUT2D eigenvalue weighted by molar-refractivity contribution is 5.66. The van der Waals surface area contributed by atoms with Crippen LogP contribution in [0.25, 0.3) is 11.3 Å². The number of aryl methyl sites for hydroxylation is 1. The molecule has 11 heteroatoms. The van der Waals surface area contributed by atoms with Crippen LogP contribution in [0.3, 0.4) is 0 Å². The molecule has 0 amide bonds. The van der Waals surface area contributed by atoms with Gasteiger partial charge >= 0.3 is 11.7 Å². The largest absolute Gasteiger partial charge is 0.433 e. The molecule has 1 fully saturated rings. The van der Waals surface area contributed by atoms with Gasteiger partial charge in [-0.15, -0.1) is 5.10 Å². The van der Waals surface area contributed by atoms with E-state index in [1.807, 2.05) is 24.3 Å². The number of carbonyl (C=O) groups excluding carboxylic acids is 1. The van der Waals surface area contributed by atoms with Crippen LogP contribution in [0, 0.1) is 0 Å². The van der Waals surface area contributed by atoms with Crippen LogP contribution in [-0.2, 0) is 27.2 Å². The number of hydrogen-bond acceptors (Lipinski definition) is 8. The lowest BCUT2D eigenvalue weighted by atomic mass is 10.1. The normalized spacial score (nSPS) is 20.4. The van der Waals surface area contributed by atoms with Crippen molar-refractivity contribution in [3.63, 3.8) is 0 Å². The maximum Gasteiger partial charge on any atom is 0.330 e. The lowest BCUT2D eigenvalue weighted by Crippen LogP contribution is -2.33. The number of aromatic nitrogens is 5. The van der Waals surface area contributed by atoms with Crippen LogP contribution in [0.1, 0.15) is 37.6 Å². The molecule has 4 rings (SSSR count). The van der Waals surface area contributed by atoms with Gasteiger partial charge in [0.15, 0.2) is 0 Å². The molecule has 0 bridgehead atoms. The van der Waals surface area contributed by atoms with E-state index >= 15 is 0 Å². The van der Waals surface area contributed by atoms with Crippen LogP contribution in [0.15, 0.2) is 46.2 Å². The zero-order valence-electron chi connectivity index (χ0n) is 17.6. The van der Waals surface area contributed by atoms with Crippen molar-refractivity contribution in [3.8, 4) is 11.3 Å². The maximum atomic E-state index is 12.4. The van der Waals surface area contributed by atoms with E-state index in [1.165, 1.54) is 18.7 Å². The number of aliphatic hydroxyl groups is 1. The summed E-state index contributed by atoms with van der Waals surface area (Å²) < 4.78 is 13.1. The average molecular weight is 441 g/mol. The summed E-state index contributed by atoms with van der Waals surface area (Å²) in [5, 5.41) is 18.2. The lowest BCUT2D eigenvalue weighted by molar-refractivity contribution is -0.191. The van der Waals surface area contributed by atoms with Crippen molar-refractivity contribution >= 4 is 5.97 Å². The summed E-state index contributed by atoms with van der Waals surface area (Å²) in [6.45, 7) is 3.75. The third-order valence-corrected chi connectivity index (χ3v) is 5.20. The molecule has 0 aliphatic carbocycles. The first-order valence-corrected chi connectivity index (χ1v) is 10.2. The number of benzene rings is 1. The molecule has 1 saturated heterocycles. The fourth-order valence-electron chi connectivity index (χ4n) is 3.52. The van der Waals surface area contributed by atoms with E-state index in [9.17, 15) is 19.5 Å². The molecular weight excluding hydrogens is 418 g/mol. The van der Waals surface area contributed by atoms with Gasteiger partial charge in [-0.25, -0.2) is 9.48 Å². The number of nitrogens with one attached hydrogen (secondary N) is 1. The van der Waals surface area contributed by atoms with Gasteiger partial charge < -0.3 is 14.6 Å². The summed E-state index contributed by atoms with van der Waals surface area (Å²) in [6.07, 6.45) is 0.646. The number of nitrogens with zero attached hydrogens (tertiary/aromatic N) is 4. The van der Waals surface area contributed by atoms with E-state index in [4.69, 9.17) is 9.47 Å². The Bertz CT molecular complexity index is 1230. The van der Waals surface area contributed by atoms with Gasteiger partial charge in [0.1, 0.15) is 18.0 Å². The molecule has 3 heterocycles. The minimum atomic E-state index is -1.19. The molecule has 0 saturated carbocycles. The van der Waals surface area contributed by atoms with E-state index in [0.717, 1.165) is 16.6 Å². The van der Waals surface area contributed by atoms with Crippen molar-refractivity contribution in [2.75, 3.05) is 0 Å². The third kappa shape index (κ3) is 4.53. The summed E-state index contributed by atoms with van der Waals surface area (Å²) in [6, 6.07) is 8.12. The van der Waals surface area contributed by atoms with Crippen molar-refractivity contribution < 1.29 is 19.4 Å². The Morgan fingerprint density at radius 1 is 1.25 bits per heavy atom. The Morgan fingerprint density at radius 3 is 2.66 bits per heavy atom. The monoisotopic (exact) mass is 441 g/mol. The Labute approximate surface area is 182 Å². The van der Waals surface area contributed by atoms with E-state index in [1.54, 1.807) is 10.9 Å². The highest BCUT2D eigenvalue weighted by atomic mass is 16.7. The number of aromatic amines is 1. The van der Waals surface area contributed by atoms with Crippen LogP contribution in [0.4, 0.5) is 0 Å². The Kier molecular flexibility index (Phi) is 6.01. The van der Waals surface area contributed by atoms with E-state index < -0.39 is 35.8 Å². The fourth-order valence-corrected chi connectivity index (χ4v) is 3.52. The summed E-state index contributed by atoms with van der Waals surface area (Å²) >= 11 is 0.